The van der Waals surface area contributed by atoms with Crippen LogP contribution in [-0.4, -0.2) is 64.0 Å². The highest BCUT2D eigenvalue weighted by molar-refractivity contribution is 5.96. The van der Waals surface area contributed by atoms with Crippen LogP contribution >= 0.6 is 0 Å². The highest BCUT2D eigenvalue weighted by Gasteiger charge is 2.31. The van der Waals surface area contributed by atoms with Crippen molar-refractivity contribution in [2.24, 2.45) is 5.92 Å². The Bertz CT molecular complexity index is 846. The van der Waals surface area contributed by atoms with Crippen LogP contribution in [0.25, 0.3) is 11.2 Å². The van der Waals surface area contributed by atoms with E-state index >= 15 is 0 Å². The highest BCUT2D eigenvalue weighted by atomic mass is 16.2. The van der Waals surface area contributed by atoms with Crippen LogP contribution in [0.4, 0.5) is 0 Å². The first kappa shape index (κ1) is 20.3. The van der Waals surface area contributed by atoms with Crippen molar-refractivity contribution in [1.82, 2.24) is 30.1 Å². The molecule has 0 bridgehead atoms. The van der Waals surface area contributed by atoms with Crippen LogP contribution in [0.3, 0.4) is 0 Å². The van der Waals surface area contributed by atoms with Gasteiger partial charge in [0.2, 0.25) is 5.91 Å². The number of carbonyl (C=O) groups excluding carboxylic acids is 2. The van der Waals surface area contributed by atoms with Gasteiger partial charge in [-0.05, 0) is 31.9 Å². The molecule has 2 atom stereocenters. The molecule has 0 saturated carbocycles. The molecule has 0 aromatic carbocycles. The zero-order valence-corrected chi connectivity index (χ0v) is 17.1. The van der Waals surface area contributed by atoms with Crippen LogP contribution in [0.5, 0.6) is 0 Å². The molecule has 1 aliphatic heterocycles. The Morgan fingerprint density at radius 2 is 2.00 bits per heavy atom. The molecule has 0 aliphatic carbocycles. The van der Waals surface area contributed by atoms with Crippen molar-refractivity contribution in [3.63, 3.8) is 0 Å². The molecule has 2 N–H and O–H groups in total. The average molecular weight is 387 g/mol. The molecule has 3 rings (SSSR count). The number of nitrogens with one attached hydrogen (secondary N) is 2. The van der Waals surface area contributed by atoms with Gasteiger partial charge < -0.3 is 15.2 Å². The summed E-state index contributed by atoms with van der Waals surface area (Å²) >= 11 is 0. The normalized spacial score (nSPS) is 20.0. The molecule has 28 heavy (non-hydrogen) atoms. The predicted octanol–water partition coefficient (Wildman–Crippen LogP) is 1.42. The van der Waals surface area contributed by atoms with E-state index in [0.29, 0.717) is 24.4 Å². The van der Waals surface area contributed by atoms with E-state index in [2.05, 4.69) is 39.3 Å². The molecule has 1 fully saturated rings. The van der Waals surface area contributed by atoms with Gasteiger partial charge in [0.05, 0.1) is 11.9 Å². The Morgan fingerprint density at radius 1 is 1.25 bits per heavy atom. The molecule has 0 spiro atoms. The molecular formula is C20H30N6O2. The lowest BCUT2D eigenvalue weighted by molar-refractivity contribution is -0.121. The van der Waals surface area contributed by atoms with Gasteiger partial charge in [-0.3, -0.25) is 14.5 Å². The van der Waals surface area contributed by atoms with Crippen LogP contribution in [0.1, 0.15) is 43.5 Å². The van der Waals surface area contributed by atoms with Gasteiger partial charge >= 0.3 is 0 Å². The number of likely N-dealkylation sites (N-methyl/N-ethyl adjacent to an activating group) is 1. The van der Waals surface area contributed by atoms with Crippen molar-refractivity contribution in [1.29, 1.82) is 0 Å². The molecule has 8 nitrogen and oxygen atoms in total. The standard InChI is InChI=1S/C20H30N6O2/c1-13(2)11-26-12-24-17-7-14(9-22-19(17)26)20(28)23-10-16-6-5-15(25(16)4)8-18(27)21-3/h7,9,12-13,15-16H,5-6,8,10-11H2,1-4H3,(H,21,27)(H,23,28)/t15-,16+/m1/s1. The molecule has 2 aromatic rings. The minimum Gasteiger partial charge on any atom is -0.359 e. The van der Waals surface area contributed by atoms with Crippen molar-refractivity contribution in [3.8, 4) is 0 Å². The monoisotopic (exact) mass is 386 g/mol. The summed E-state index contributed by atoms with van der Waals surface area (Å²) in [6, 6.07) is 2.26. The number of pyridine rings is 1. The van der Waals surface area contributed by atoms with Gasteiger partial charge in [0.15, 0.2) is 5.65 Å². The van der Waals surface area contributed by atoms with Crippen LogP contribution in [0.15, 0.2) is 18.6 Å². The maximum absolute atomic E-state index is 12.6. The van der Waals surface area contributed by atoms with E-state index in [4.69, 9.17) is 0 Å². The highest BCUT2D eigenvalue weighted by Crippen LogP contribution is 2.24. The molecule has 152 valence electrons. The number of likely N-dealkylation sites (tertiary alicyclic amines) is 1. The molecule has 0 unspecified atom stereocenters. The number of imidazole rings is 1. The lowest BCUT2D eigenvalue weighted by atomic mass is 10.1. The number of aromatic nitrogens is 3. The van der Waals surface area contributed by atoms with Crippen LogP contribution in [0.2, 0.25) is 0 Å². The molecule has 0 radical (unpaired) electrons. The van der Waals surface area contributed by atoms with E-state index < -0.39 is 0 Å². The molecule has 1 aliphatic rings. The number of hydrogen-bond donors (Lipinski definition) is 2. The summed E-state index contributed by atoms with van der Waals surface area (Å²) in [4.78, 5) is 35.2. The topological polar surface area (TPSA) is 92.1 Å². The van der Waals surface area contributed by atoms with Gasteiger partial charge in [-0.25, -0.2) is 9.97 Å². The SMILES string of the molecule is CNC(=O)C[C@H]1CC[C@@H](CNC(=O)c2cnc3c(c2)ncn3CC(C)C)N1C. The van der Waals surface area contributed by atoms with Crippen molar-refractivity contribution in [2.45, 2.75) is 51.7 Å². The summed E-state index contributed by atoms with van der Waals surface area (Å²) in [6.45, 7) is 5.69. The summed E-state index contributed by atoms with van der Waals surface area (Å²) in [5.41, 5.74) is 2.06. The second-order valence-electron chi connectivity index (χ2n) is 8.00. The van der Waals surface area contributed by atoms with Gasteiger partial charge in [-0.1, -0.05) is 13.8 Å². The quantitative estimate of drug-likeness (QED) is 0.751. The van der Waals surface area contributed by atoms with E-state index in [9.17, 15) is 9.59 Å². The zero-order chi connectivity index (χ0) is 20.3. The fraction of sp³-hybridized carbons (Fsp3) is 0.600. The molecular weight excluding hydrogens is 356 g/mol. The predicted molar refractivity (Wildman–Crippen MR) is 108 cm³/mol. The van der Waals surface area contributed by atoms with Crippen LogP contribution in [-0.2, 0) is 11.3 Å². The first-order chi connectivity index (χ1) is 13.4. The van der Waals surface area contributed by atoms with Gasteiger partial charge in [0.25, 0.3) is 5.91 Å². The second-order valence-corrected chi connectivity index (χ2v) is 8.00. The number of hydrogen-bond acceptors (Lipinski definition) is 5. The Hall–Kier alpha value is -2.48. The summed E-state index contributed by atoms with van der Waals surface area (Å²) < 4.78 is 2.02. The van der Waals surface area contributed by atoms with Crippen molar-refractivity contribution < 1.29 is 9.59 Å². The van der Waals surface area contributed by atoms with E-state index in [1.807, 2.05) is 11.6 Å². The summed E-state index contributed by atoms with van der Waals surface area (Å²) in [7, 11) is 3.68. The summed E-state index contributed by atoms with van der Waals surface area (Å²) in [6.07, 6.45) is 5.82. The smallest absolute Gasteiger partial charge is 0.252 e. The molecule has 1 saturated heterocycles. The number of fused-ring (bicyclic) bond motifs is 1. The second kappa shape index (κ2) is 8.68. The maximum Gasteiger partial charge on any atom is 0.252 e. The van der Waals surface area contributed by atoms with E-state index in [0.717, 1.165) is 30.6 Å². The Balaban J connectivity index is 1.58. The van der Waals surface area contributed by atoms with Crippen molar-refractivity contribution in [3.05, 3.63) is 24.2 Å². The summed E-state index contributed by atoms with van der Waals surface area (Å²) in [5, 5.41) is 5.68. The molecule has 2 aromatic heterocycles. The Kier molecular flexibility index (Phi) is 6.28. The van der Waals surface area contributed by atoms with E-state index in [1.54, 1.807) is 25.6 Å². The van der Waals surface area contributed by atoms with Crippen LogP contribution < -0.4 is 10.6 Å². The van der Waals surface area contributed by atoms with Gasteiger partial charge in [-0.2, -0.15) is 0 Å². The maximum atomic E-state index is 12.6. The lowest BCUT2D eigenvalue weighted by Gasteiger charge is -2.25. The fourth-order valence-corrected chi connectivity index (χ4v) is 3.81. The Morgan fingerprint density at radius 3 is 2.71 bits per heavy atom. The van der Waals surface area contributed by atoms with Gasteiger partial charge in [-0.15, -0.1) is 0 Å². The van der Waals surface area contributed by atoms with Crippen molar-refractivity contribution in [2.75, 3.05) is 20.6 Å². The van der Waals surface area contributed by atoms with Crippen LogP contribution in [0, 0.1) is 5.92 Å². The number of rotatable bonds is 7. The minimum absolute atomic E-state index is 0.0535. The lowest BCUT2D eigenvalue weighted by Crippen LogP contribution is -2.42. The zero-order valence-electron chi connectivity index (χ0n) is 17.1. The summed E-state index contributed by atoms with van der Waals surface area (Å²) in [5.74, 6) is 0.409. The molecule has 3 heterocycles. The van der Waals surface area contributed by atoms with E-state index in [1.165, 1.54) is 0 Å². The number of nitrogens with zero attached hydrogens (tertiary/aromatic N) is 4. The largest absolute Gasteiger partial charge is 0.359 e. The third-order valence-corrected chi connectivity index (χ3v) is 5.46. The first-order valence-electron chi connectivity index (χ1n) is 9.90. The third-order valence-electron chi connectivity index (χ3n) is 5.46. The van der Waals surface area contributed by atoms with Gasteiger partial charge in [0, 0.05) is 44.8 Å². The molecule has 8 heteroatoms. The third kappa shape index (κ3) is 4.49. The number of amides is 2. The average Bonchev–Trinajstić information content (AvgIpc) is 3.22. The van der Waals surface area contributed by atoms with E-state index in [-0.39, 0.29) is 23.9 Å². The Labute approximate surface area is 165 Å². The van der Waals surface area contributed by atoms with Gasteiger partial charge in [0.1, 0.15) is 5.52 Å². The first-order valence-corrected chi connectivity index (χ1v) is 9.90. The number of carbonyl (C=O) groups is 2. The molecule has 2 amide bonds. The minimum atomic E-state index is -0.143. The van der Waals surface area contributed by atoms with Crippen molar-refractivity contribution >= 4 is 23.0 Å². The fourth-order valence-electron chi connectivity index (χ4n) is 3.81.